The third-order valence-electron chi connectivity index (χ3n) is 4.98. The molecule has 0 unspecified atom stereocenters. The van der Waals surface area contributed by atoms with Crippen LogP contribution in [0.25, 0.3) is 0 Å². The number of benzene rings is 1. The smallest absolute Gasteiger partial charge is 0.302 e. The van der Waals surface area contributed by atoms with Gasteiger partial charge in [0, 0.05) is 13.0 Å². The molecule has 4 atom stereocenters. The molecule has 0 aromatic heterocycles. The van der Waals surface area contributed by atoms with Gasteiger partial charge in [-0.05, 0) is 12.1 Å². The van der Waals surface area contributed by atoms with Crippen molar-refractivity contribution in [2.75, 3.05) is 11.5 Å². The normalized spacial score (nSPS) is 31.4. The minimum absolute atomic E-state index is 0.0658. The summed E-state index contributed by atoms with van der Waals surface area (Å²) >= 11 is 0. The van der Waals surface area contributed by atoms with Gasteiger partial charge in [0.25, 0.3) is 5.69 Å². The van der Waals surface area contributed by atoms with Crippen LogP contribution >= 0.6 is 0 Å². The first kappa shape index (κ1) is 16.4. The number of hydrogen-bond donors (Lipinski definition) is 0. The number of nitro benzene ring substituents is 1. The molecule has 3 aliphatic rings. The second-order valence-corrected chi connectivity index (χ2v) is 6.44. The Morgan fingerprint density at radius 3 is 2.77 bits per heavy atom. The Morgan fingerprint density at radius 2 is 2.08 bits per heavy atom. The van der Waals surface area contributed by atoms with Gasteiger partial charge in [-0.25, -0.2) is 4.90 Å². The van der Waals surface area contributed by atoms with Gasteiger partial charge in [0.05, 0.1) is 22.9 Å². The van der Waals surface area contributed by atoms with Gasteiger partial charge >= 0.3 is 5.97 Å². The van der Waals surface area contributed by atoms with Gasteiger partial charge in [0.2, 0.25) is 11.8 Å². The molecule has 2 fully saturated rings. The van der Waals surface area contributed by atoms with Crippen molar-refractivity contribution in [2.45, 2.75) is 18.6 Å². The van der Waals surface area contributed by atoms with E-state index >= 15 is 0 Å². The fraction of sp³-hybridized carbons (Fsp3) is 0.353. The Balaban J connectivity index is 1.74. The fourth-order valence-electron chi connectivity index (χ4n) is 3.93. The van der Waals surface area contributed by atoms with E-state index in [1.54, 1.807) is 12.2 Å². The van der Waals surface area contributed by atoms with E-state index in [-0.39, 0.29) is 18.0 Å². The van der Waals surface area contributed by atoms with Crippen LogP contribution in [0, 0.1) is 22.0 Å². The first-order valence-electron chi connectivity index (χ1n) is 7.97. The number of esters is 1. The number of imide groups is 1. The lowest BCUT2D eigenvalue weighted by Crippen LogP contribution is -2.44. The monoisotopic (exact) mass is 358 g/mol. The number of ether oxygens (including phenoxy) is 2. The predicted molar refractivity (Wildman–Crippen MR) is 85.9 cm³/mol. The quantitative estimate of drug-likeness (QED) is 0.259. The topological polar surface area (TPSA) is 116 Å². The Morgan fingerprint density at radius 1 is 1.35 bits per heavy atom. The molecule has 2 amide bonds. The zero-order valence-corrected chi connectivity index (χ0v) is 13.7. The van der Waals surface area contributed by atoms with Gasteiger partial charge in [-0.3, -0.25) is 24.5 Å². The summed E-state index contributed by atoms with van der Waals surface area (Å²) in [5, 5.41) is 11.3. The van der Waals surface area contributed by atoms with E-state index in [9.17, 15) is 24.5 Å². The van der Waals surface area contributed by atoms with Crippen LogP contribution in [0.3, 0.4) is 0 Å². The molecular weight excluding hydrogens is 344 g/mol. The molecule has 2 saturated heterocycles. The minimum Gasteiger partial charge on any atom is -0.462 e. The zero-order valence-electron chi connectivity index (χ0n) is 13.7. The van der Waals surface area contributed by atoms with Gasteiger partial charge < -0.3 is 9.47 Å². The molecule has 9 heteroatoms. The number of carbonyl (C=O) groups is 3. The van der Waals surface area contributed by atoms with Gasteiger partial charge in [-0.1, -0.05) is 18.2 Å². The molecular formula is C17H14N2O7. The van der Waals surface area contributed by atoms with Crippen LogP contribution < -0.4 is 4.90 Å². The molecule has 1 aromatic carbocycles. The highest BCUT2D eigenvalue weighted by Crippen LogP contribution is 2.53. The van der Waals surface area contributed by atoms with Crippen LogP contribution in [0.2, 0.25) is 0 Å². The molecule has 0 N–H and O–H groups in total. The minimum atomic E-state index is -1.22. The number of fused-ring (bicyclic) bond motifs is 5. The van der Waals surface area contributed by atoms with Crippen molar-refractivity contribution in [1.29, 1.82) is 0 Å². The molecule has 0 saturated carbocycles. The highest BCUT2D eigenvalue weighted by atomic mass is 16.6. The lowest BCUT2D eigenvalue weighted by Gasteiger charge is -2.27. The molecule has 3 heterocycles. The molecule has 2 bridgehead atoms. The van der Waals surface area contributed by atoms with Gasteiger partial charge in [0.1, 0.15) is 17.9 Å². The van der Waals surface area contributed by atoms with Crippen molar-refractivity contribution in [2.24, 2.45) is 11.8 Å². The number of anilines is 1. The Hall–Kier alpha value is -3.07. The highest BCUT2D eigenvalue weighted by molar-refractivity contribution is 6.24. The predicted octanol–water partition coefficient (Wildman–Crippen LogP) is 0.971. The van der Waals surface area contributed by atoms with E-state index in [4.69, 9.17) is 9.47 Å². The number of nitrogens with zero attached hydrogens (tertiary/aromatic N) is 2. The summed E-state index contributed by atoms with van der Waals surface area (Å²) in [4.78, 5) is 48.6. The molecule has 1 aromatic rings. The van der Waals surface area contributed by atoms with Crippen molar-refractivity contribution in [1.82, 2.24) is 0 Å². The van der Waals surface area contributed by atoms with Crippen LogP contribution in [-0.2, 0) is 23.9 Å². The summed E-state index contributed by atoms with van der Waals surface area (Å²) in [7, 11) is 0. The van der Waals surface area contributed by atoms with Crippen LogP contribution in [-0.4, -0.2) is 41.0 Å². The maximum Gasteiger partial charge on any atom is 0.302 e. The average Bonchev–Trinajstić information content (AvgIpc) is 3.24. The maximum atomic E-state index is 13.0. The van der Waals surface area contributed by atoms with E-state index in [0.29, 0.717) is 0 Å². The summed E-state index contributed by atoms with van der Waals surface area (Å²) in [6.45, 7) is 1.04. The molecule has 26 heavy (non-hydrogen) atoms. The summed E-state index contributed by atoms with van der Waals surface area (Å²) in [5.74, 6) is -3.34. The van der Waals surface area contributed by atoms with Gasteiger partial charge in [0.15, 0.2) is 0 Å². The molecule has 3 aliphatic heterocycles. The van der Waals surface area contributed by atoms with E-state index in [0.717, 1.165) is 4.90 Å². The van der Waals surface area contributed by atoms with Crippen molar-refractivity contribution in [3.8, 4) is 0 Å². The molecule has 0 radical (unpaired) electrons. The number of nitro groups is 1. The van der Waals surface area contributed by atoms with Crippen LogP contribution in [0.15, 0.2) is 36.4 Å². The van der Waals surface area contributed by atoms with E-state index in [1.807, 2.05) is 0 Å². The third-order valence-corrected chi connectivity index (χ3v) is 4.98. The largest absolute Gasteiger partial charge is 0.462 e. The SMILES string of the molecule is CC(=O)OC[C@@]12C=C[C@H](O1)[C@H]1C(=O)N(c3ccccc3[N+](=O)[O-])C(=O)[C@@H]12. The van der Waals surface area contributed by atoms with Gasteiger partial charge in [-0.15, -0.1) is 0 Å². The van der Waals surface area contributed by atoms with Crippen LogP contribution in [0.4, 0.5) is 11.4 Å². The molecule has 134 valence electrons. The van der Waals surface area contributed by atoms with Crippen molar-refractivity contribution in [3.63, 3.8) is 0 Å². The van der Waals surface area contributed by atoms with Crippen molar-refractivity contribution in [3.05, 3.63) is 46.5 Å². The Kier molecular flexibility index (Phi) is 3.45. The lowest BCUT2D eigenvalue weighted by atomic mass is 9.77. The Bertz CT molecular complexity index is 880. The lowest BCUT2D eigenvalue weighted by molar-refractivity contribution is -0.384. The highest BCUT2D eigenvalue weighted by Gasteiger charge is 2.68. The van der Waals surface area contributed by atoms with E-state index in [1.165, 1.54) is 31.2 Å². The molecule has 0 spiro atoms. The van der Waals surface area contributed by atoms with Crippen LogP contribution in [0.5, 0.6) is 0 Å². The van der Waals surface area contributed by atoms with E-state index < -0.39 is 46.2 Å². The summed E-state index contributed by atoms with van der Waals surface area (Å²) < 4.78 is 10.8. The molecule has 0 aliphatic carbocycles. The number of rotatable bonds is 4. The van der Waals surface area contributed by atoms with Crippen molar-refractivity contribution >= 4 is 29.2 Å². The molecule has 9 nitrogen and oxygen atoms in total. The first-order valence-corrected chi connectivity index (χ1v) is 7.97. The maximum absolute atomic E-state index is 13.0. The second-order valence-electron chi connectivity index (χ2n) is 6.44. The summed E-state index contributed by atoms with van der Waals surface area (Å²) in [5.41, 5.74) is -1.61. The number of para-hydroxylation sites is 2. The number of hydrogen-bond acceptors (Lipinski definition) is 7. The van der Waals surface area contributed by atoms with E-state index in [2.05, 4.69) is 0 Å². The zero-order chi connectivity index (χ0) is 18.6. The fourth-order valence-corrected chi connectivity index (χ4v) is 3.93. The van der Waals surface area contributed by atoms with Crippen LogP contribution in [0.1, 0.15) is 6.92 Å². The Labute approximate surface area is 147 Å². The third kappa shape index (κ3) is 2.10. The second kappa shape index (κ2) is 5.46. The summed E-state index contributed by atoms with van der Waals surface area (Å²) in [6, 6.07) is 5.59. The molecule has 4 rings (SSSR count). The first-order chi connectivity index (χ1) is 12.4. The summed E-state index contributed by atoms with van der Waals surface area (Å²) in [6.07, 6.45) is 2.67. The standard InChI is InChI=1S/C17H14N2O7/c1-9(20)25-8-17-7-6-12(26-17)13-14(17)16(22)18(15(13)21)10-4-2-3-5-11(10)19(23)24/h2-7,12-14H,8H2,1H3/t12-,13+,14+,17+/m0/s1. The van der Waals surface area contributed by atoms with Gasteiger partial charge in [-0.2, -0.15) is 0 Å². The number of amides is 2. The van der Waals surface area contributed by atoms with Crippen molar-refractivity contribution < 1.29 is 28.8 Å². The average molecular weight is 358 g/mol. The number of carbonyl (C=O) groups excluding carboxylic acids is 3.